The van der Waals surface area contributed by atoms with E-state index in [-0.39, 0.29) is 0 Å². The Labute approximate surface area is 97.7 Å². The predicted molar refractivity (Wildman–Crippen MR) is 65.0 cm³/mol. The van der Waals surface area contributed by atoms with Crippen LogP contribution in [0.4, 0.5) is 0 Å². The average Bonchev–Trinajstić information content (AvgIpc) is 2.61. The number of nitrogens with zero attached hydrogens (tertiary/aromatic N) is 2. The van der Waals surface area contributed by atoms with Crippen LogP contribution < -0.4 is 5.32 Å². The van der Waals surface area contributed by atoms with Gasteiger partial charge in [0, 0.05) is 18.6 Å². The van der Waals surface area contributed by atoms with Crippen LogP contribution in [0.2, 0.25) is 0 Å². The first kappa shape index (κ1) is 11.5. The third-order valence-corrected chi connectivity index (χ3v) is 3.58. The molecule has 0 radical (unpaired) electrons. The second-order valence-electron chi connectivity index (χ2n) is 4.65. The van der Waals surface area contributed by atoms with Gasteiger partial charge in [0.15, 0.2) is 0 Å². The maximum atomic E-state index is 4.43. The van der Waals surface area contributed by atoms with Crippen molar-refractivity contribution in [3.63, 3.8) is 0 Å². The third kappa shape index (κ3) is 2.79. The van der Waals surface area contributed by atoms with Crippen molar-refractivity contribution in [2.24, 2.45) is 5.92 Å². The fourth-order valence-electron chi connectivity index (χ4n) is 2.74. The lowest BCUT2D eigenvalue weighted by Gasteiger charge is -2.24. The van der Waals surface area contributed by atoms with E-state index >= 15 is 0 Å². The van der Waals surface area contributed by atoms with Crippen LogP contribution in [0.1, 0.15) is 50.3 Å². The summed E-state index contributed by atoms with van der Waals surface area (Å²) >= 11 is 0. The van der Waals surface area contributed by atoms with E-state index in [0.29, 0.717) is 6.04 Å². The SMILES string of the molecule is CNC(c1cnccn1)C1CCCCCC1. The number of hydrogen-bond acceptors (Lipinski definition) is 3. The van der Waals surface area contributed by atoms with Crippen molar-refractivity contribution >= 4 is 0 Å². The highest BCUT2D eigenvalue weighted by Crippen LogP contribution is 2.32. The summed E-state index contributed by atoms with van der Waals surface area (Å²) in [7, 11) is 2.03. The second kappa shape index (κ2) is 5.94. The molecule has 88 valence electrons. The summed E-state index contributed by atoms with van der Waals surface area (Å²) in [5.74, 6) is 0.726. The summed E-state index contributed by atoms with van der Waals surface area (Å²) in [6, 6.07) is 0.381. The van der Waals surface area contributed by atoms with Crippen molar-refractivity contribution < 1.29 is 0 Å². The minimum absolute atomic E-state index is 0.381. The molecule has 0 saturated heterocycles. The Hall–Kier alpha value is -0.960. The molecule has 16 heavy (non-hydrogen) atoms. The summed E-state index contributed by atoms with van der Waals surface area (Å²) < 4.78 is 0. The standard InChI is InChI=1S/C13H21N3/c1-14-13(12-10-15-8-9-16-12)11-6-4-2-3-5-7-11/h8-11,13-14H,2-7H2,1H3. The molecule has 0 aliphatic heterocycles. The molecule has 1 atom stereocenters. The van der Waals surface area contributed by atoms with Gasteiger partial charge in [-0.15, -0.1) is 0 Å². The van der Waals surface area contributed by atoms with Gasteiger partial charge in [0.25, 0.3) is 0 Å². The second-order valence-corrected chi connectivity index (χ2v) is 4.65. The van der Waals surface area contributed by atoms with E-state index in [9.17, 15) is 0 Å². The van der Waals surface area contributed by atoms with E-state index in [1.807, 2.05) is 13.2 Å². The van der Waals surface area contributed by atoms with Crippen molar-refractivity contribution in [3.8, 4) is 0 Å². The van der Waals surface area contributed by atoms with Crippen LogP contribution in [0.25, 0.3) is 0 Å². The van der Waals surface area contributed by atoms with Crippen LogP contribution >= 0.6 is 0 Å². The Bertz CT molecular complexity index is 291. The molecule has 1 unspecified atom stereocenters. The van der Waals surface area contributed by atoms with Crippen molar-refractivity contribution in [3.05, 3.63) is 24.3 Å². The molecule has 3 nitrogen and oxygen atoms in total. The molecule has 1 saturated carbocycles. The fourth-order valence-corrected chi connectivity index (χ4v) is 2.74. The summed E-state index contributed by atoms with van der Waals surface area (Å²) in [5, 5.41) is 3.41. The molecule has 1 N–H and O–H groups in total. The smallest absolute Gasteiger partial charge is 0.0758 e. The zero-order valence-electron chi connectivity index (χ0n) is 10.0. The van der Waals surface area contributed by atoms with Gasteiger partial charge in [-0.05, 0) is 25.8 Å². The van der Waals surface area contributed by atoms with E-state index < -0.39 is 0 Å². The van der Waals surface area contributed by atoms with Crippen LogP contribution in [0.3, 0.4) is 0 Å². The van der Waals surface area contributed by atoms with Gasteiger partial charge in [-0.1, -0.05) is 25.7 Å². The minimum Gasteiger partial charge on any atom is -0.311 e. The Balaban J connectivity index is 2.09. The quantitative estimate of drug-likeness (QED) is 0.794. The largest absolute Gasteiger partial charge is 0.311 e. The summed E-state index contributed by atoms with van der Waals surface area (Å²) in [6.45, 7) is 0. The van der Waals surface area contributed by atoms with Crippen LogP contribution in [0.15, 0.2) is 18.6 Å². The first-order valence-corrected chi connectivity index (χ1v) is 6.35. The monoisotopic (exact) mass is 219 g/mol. The highest BCUT2D eigenvalue weighted by atomic mass is 14.9. The number of rotatable bonds is 3. The molecule has 0 bridgehead atoms. The lowest BCUT2D eigenvalue weighted by atomic mass is 9.90. The molecule has 1 fully saturated rings. The molecule has 1 aromatic rings. The Morgan fingerprint density at radius 1 is 1.19 bits per heavy atom. The van der Waals surface area contributed by atoms with Crippen LogP contribution in [-0.4, -0.2) is 17.0 Å². The fraction of sp³-hybridized carbons (Fsp3) is 0.692. The molecule has 0 aromatic carbocycles. The molecule has 2 rings (SSSR count). The molecule has 3 heteroatoms. The lowest BCUT2D eigenvalue weighted by molar-refractivity contribution is 0.335. The van der Waals surface area contributed by atoms with E-state index in [0.717, 1.165) is 11.6 Å². The van der Waals surface area contributed by atoms with Gasteiger partial charge in [0.05, 0.1) is 11.7 Å². The zero-order valence-corrected chi connectivity index (χ0v) is 10.0. The Kier molecular flexibility index (Phi) is 4.28. The van der Waals surface area contributed by atoms with Crippen LogP contribution in [0, 0.1) is 5.92 Å². The van der Waals surface area contributed by atoms with Gasteiger partial charge in [0.2, 0.25) is 0 Å². The first-order valence-electron chi connectivity index (χ1n) is 6.35. The van der Waals surface area contributed by atoms with Crippen molar-refractivity contribution in [2.75, 3.05) is 7.05 Å². The maximum absolute atomic E-state index is 4.43. The van der Waals surface area contributed by atoms with Crippen molar-refractivity contribution in [1.29, 1.82) is 0 Å². The average molecular weight is 219 g/mol. The molecular formula is C13H21N3. The van der Waals surface area contributed by atoms with Crippen molar-refractivity contribution in [2.45, 2.75) is 44.6 Å². The molecule has 0 amide bonds. The third-order valence-electron chi connectivity index (χ3n) is 3.58. The zero-order chi connectivity index (χ0) is 11.2. The first-order chi connectivity index (χ1) is 7.92. The Morgan fingerprint density at radius 3 is 2.50 bits per heavy atom. The molecule has 1 heterocycles. The summed E-state index contributed by atoms with van der Waals surface area (Å²) in [5.41, 5.74) is 1.09. The minimum atomic E-state index is 0.381. The number of nitrogens with one attached hydrogen (secondary N) is 1. The summed E-state index contributed by atoms with van der Waals surface area (Å²) in [4.78, 5) is 8.60. The molecule has 1 aromatic heterocycles. The predicted octanol–water partition coefficient (Wildman–Crippen LogP) is 2.71. The highest BCUT2D eigenvalue weighted by Gasteiger charge is 2.23. The van der Waals surface area contributed by atoms with Gasteiger partial charge in [0.1, 0.15) is 0 Å². The van der Waals surface area contributed by atoms with E-state index in [1.165, 1.54) is 38.5 Å². The van der Waals surface area contributed by atoms with E-state index in [2.05, 4.69) is 15.3 Å². The normalized spacial score (nSPS) is 20.3. The van der Waals surface area contributed by atoms with E-state index in [4.69, 9.17) is 0 Å². The topological polar surface area (TPSA) is 37.8 Å². The summed E-state index contributed by atoms with van der Waals surface area (Å²) in [6.07, 6.45) is 13.6. The van der Waals surface area contributed by atoms with Crippen LogP contribution in [0.5, 0.6) is 0 Å². The van der Waals surface area contributed by atoms with Crippen LogP contribution in [-0.2, 0) is 0 Å². The molecule has 1 aliphatic rings. The van der Waals surface area contributed by atoms with Gasteiger partial charge in [-0.2, -0.15) is 0 Å². The van der Waals surface area contributed by atoms with Crippen molar-refractivity contribution in [1.82, 2.24) is 15.3 Å². The maximum Gasteiger partial charge on any atom is 0.0758 e. The van der Waals surface area contributed by atoms with Gasteiger partial charge in [-0.25, -0.2) is 0 Å². The lowest BCUT2D eigenvalue weighted by Crippen LogP contribution is -2.26. The number of aromatic nitrogens is 2. The molecular weight excluding hydrogens is 198 g/mol. The highest BCUT2D eigenvalue weighted by molar-refractivity contribution is 5.04. The van der Waals surface area contributed by atoms with Gasteiger partial charge in [-0.3, -0.25) is 9.97 Å². The Morgan fingerprint density at radius 2 is 1.94 bits per heavy atom. The molecule has 1 aliphatic carbocycles. The van der Waals surface area contributed by atoms with Gasteiger partial charge >= 0.3 is 0 Å². The van der Waals surface area contributed by atoms with E-state index in [1.54, 1.807) is 12.4 Å². The number of hydrogen-bond donors (Lipinski definition) is 1. The van der Waals surface area contributed by atoms with Gasteiger partial charge < -0.3 is 5.32 Å². The molecule has 0 spiro atoms.